The third-order valence-corrected chi connectivity index (χ3v) is 5.63. The maximum atomic E-state index is 10.8. The summed E-state index contributed by atoms with van der Waals surface area (Å²) in [7, 11) is 0. The molecule has 0 spiro atoms. The van der Waals surface area contributed by atoms with Crippen molar-refractivity contribution in [3.05, 3.63) is 75.4 Å². The standard InChI is InChI=1S/C22H19Cl2N2O/c23-18-9-6-15(12-19(18)24)21-13-22(17-2-1-3-20(17)26-21)25-16-7-4-14(5-8-16)10-11-27/h4-9,12-13H,1-3,10-11H2,(H,25,26)/q-1. The second-order valence-electron chi connectivity index (χ2n) is 6.74. The second-order valence-corrected chi connectivity index (χ2v) is 7.55. The molecule has 27 heavy (non-hydrogen) atoms. The molecule has 0 aliphatic heterocycles. The first-order valence-corrected chi connectivity index (χ1v) is 9.82. The lowest BCUT2D eigenvalue weighted by Gasteiger charge is -2.14. The van der Waals surface area contributed by atoms with Crippen molar-refractivity contribution in [1.29, 1.82) is 0 Å². The second kappa shape index (κ2) is 7.89. The van der Waals surface area contributed by atoms with Crippen molar-refractivity contribution in [3.8, 4) is 11.3 Å². The third kappa shape index (κ3) is 3.96. The van der Waals surface area contributed by atoms with Gasteiger partial charge >= 0.3 is 0 Å². The van der Waals surface area contributed by atoms with Gasteiger partial charge in [0.05, 0.1) is 15.7 Å². The Hall–Kier alpha value is -2.07. The number of nitrogens with one attached hydrogen (secondary N) is 1. The predicted molar refractivity (Wildman–Crippen MR) is 110 cm³/mol. The van der Waals surface area contributed by atoms with E-state index in [1.54, 1.807) is 6.07 Å². The van der Waals surface area contributed by atoms with Crippen LogP contribution in [-0.4, -0.2) is 11.6 Å². The molecule has 1 aliphatic carbocycles. The lowest BCUT2D eigenvalue weighted by molar-refractivity contribution is -0.366. The van der Waals surface area contributed by atoms with Crippen LogP contribution in [0, 0.1) is 0 Å². The van der Waals surface area contributed by atoms with Gasteiger partial charge in [-0.2, -0.15) is 0 Å². The van der Waals surface area contributed by atoms with Gasteiger partial charge in [0.2, 0.25) is 0 Å². The van der Waals surface area contributed by atoms with Crippen molar-refractivity contribution >= 4 is 34.6 Å². The van der Waals surface area contributed by atoms with Crippen molar-refractivity contribution in [2.75, 3.05) is 11.9 Å². The van der Waals surface area contributed by atoms with Crippen LogP contribution in [0.4, 0.5) is 11.4 Å². The molecule has 1 aliphatic rings. The van der Waals surface area contributed by atoms with E-state index in [1.165, 1.54) is 5.56 Å². The molecule has 0 saturated heterocycles. The number of anilines is 2. The highest BCUT2D eigenvalue weighted by Crippen LogP contribution is 2.35. The van der Waals surface area contributed by atoms with E-state index in [4.69, 9.17) is 28.2 Å². The van der Waals surface area contributed by atoms with Crippen LogP contribution < -0.4 is 10.4 Å². The Kier molecular flexibility index (Phi) is 5.35. The lowest BCUT2D eigenvalue weighted by atomic mass is 10.1. The van der Waals surface area contributed by atoms with E-state index in [9.17, 15) is 5.11 Å². The number of rotatable bonds is 5. The van der Waals surface area contributed by atoms with Crippen LogP contribution in [0.2, 0.25) is 10.0 Å². The topological polar surface area (TPSA) is 48.0 Å². The summed E-state index contributed by atoms with van der Waals surface area (Å²) in [6, 6.07) is 15.7. The molecular formula is C22H19Cl2N2O-. The van der Waals surface area contributed by atoms with Gasteiger partial charge in [0.25, 0.3) is 0 Å². The van der Waals surface area contributed by atoms with Crippen LogP contribution >= 0.6 is 23.2 Å². The van der Waals surface area contributed by atoms with Crippen molar-refractivity contribution in [3.63, 3.8) is 0 Å². The lowest BCUT2D eigenvalue weighted by Crippen LogP contribution is -2.08. The molecular weight excluding hydrogens is 379 g/mol. The third-order valence-electron chi connectivity index (χ3n) is 4.89. The predicted octanol–water partition coefficient (Wildman–Crippen LogP) is 5.19. The van der Waals surface area contributed by atoms with Gasteiger partial charge in [0.1, 0.15) is 0 Å². The number of aryl methyl sites for hydroxylation is 1. The van der Waals surface area contributed by atoms with Crippen molar-refractivity contribution in [1.82, 2.24) is 4.98 Å². The minimum atomic E-state index is -0.0857. The summed E-state index contributed by atoms with van der Waals surface area (Å²) in [5, 5.41) is 15.4. The Labute approximate surface area is 169 Å². The highest BCUT2D eigenvalue weighted by Gasteiger charge is 2.19. The summed E-state index contributed by atoms with van der Waals surface area (Å²) in [5.41, 5.74) is 7.41. The number of pyridine rings is 1. The average Bonchev–Trinajstić information content (AvgIpc) is 3.15. The van der Waals surface area contributed by atoms with E-state index in [0.29, 0.717) is 16.5 Å². The molecule has 5 heteroatoms. The van der Waals surface area contributed by atoms with E-state index in [1.807, 2.05) is 36.4 Å². The van der Waals surface area contributed by atoms with Crippen molar-refractivity contribution < 1.29 is 5.11 Å². The zero-order valence-electron chi connectivity index (χ0n) is 14.8. The highest BCUT2D eigenvalue weighted by molar-refractivity contribution is 6.42. The molecule has 1 aromatic heterocycles. The Morgan fingerprint density at radius 3 is 2.52 bits per heavy atom. The number of nitrogens with zero attached hydrogens (tertiary/aromatic N) is 1. The average molecular weight is 398 g/mol. The molecule has 1 heterocycles. The molecule has 0 bridgehead atoms. The van der Waals surface area contributed by atoms with Gasteiger partial charge in [-0.25, -0.2) is 0 Å². The summed E-state index contributed by atoms with van der Waals surface area (Å²) in [4.78, 5) is 4.86. The summed E-state index contributed by atoms with van der Waals surface area (Å²) in [5.74, 6) is 0. The Bertz CT molecular complexity index is 971. The molecule has 138 valence electrons. The van der Waals surface area contributed by atoms with E-state index in [-0.39, 0.29) is 6.61 Å². The summed E-state index contributed by atoms with van der Waals surface area (Å²) in [6.07, 6.45) is 3.69. The van der Waals surface area contributed by atoms with Crippen LogP contribution in [0.1, 0.15) is 23.2 Å². The number of benzene rings is 2. The normalized spacial score (nSPS) is 12.9. The largest absolute Gasteiger partial charge is 0.854 e. The number of hydrogen-bond acceptors (Lipinski definition) is 3. The zero-order chi connectivity index (χ0) is 18.8. The number of fused-ring (bicyclic) bond motifs is 1. The fourth-order valence-corrected chi connectivity index (χ4v) is 3.78. The summed E-state index contributed by atoms with van der Waals surface area (Å²) < 4.78 is 0. The SMILES string of the molecule is [O-]CCc1ccc(Nc2cc(-c3ccc(Cl)c(Cl)c3)nc3c2CCC3)cc1. The number of halogens is 2. The van der Waals surface area contributed by atoms with Gasteiger partial charge < -0.3 is 10.4 Å². The molecule has 2 aromatic carbocycles. The molecule has 4 rings (SSSR count). The smallest absolute Gasteiger partial charge is 0.0726 e. The molecule has 3 aromatic rings. The van der Waals surface area contributed by atoms with Crippen LogP contribution in [0.25, 0.3) is 11.3 Å². The van der Waals surface area contributed by atoms with E-state index in [2.05, 4.69) is 11.4 Å². The van der Waals surface area contributed by atoms with Gasteiger partial charge in [-0.05, 0) is 67.1 Å². The van der Waals surface area contributed by atoms with Crippen LogP contribution in [0.15, 0.2) is 48.5 Å². The molecule has 0 atom stereocenters. The van der Waals surface area contributed by atoms with Gasteiger partial charge in [-0.3, -0.25) is 4.98 Å². The Morgan fingerprint density at radius 1 is 0.963 bits per heavy atom. The summed E-state index contributed by atoms with van der Waals surface area (Å²) in [6.45, 7) is -0.0857. The Morgan fingerprint density at radius 2 is 1.78 bits per heavy atom. The van der Waals surface area contributed by atoms with Gasteiger partial charge in [0, 0.05) is 22.6 Å². The maximum absolute atomic E-state index is 10.8. The highest BCUT2D eigenvalue weighted by atomic mass is 35.5. The quantitative estimate of drug-likeness (QED) is 0.644. The van der Waals surface area contributed by atoms with Crippen LogP contribution in [0.5, 0.6) is 0 Å². The van der Waals surface area contributed by atoms with Crippen LogP contribution in [0.3, 0.4) is 0 Å². The molecule has 0 unspecified atom stereocenters. The monoisotopic (exact) mass is 397 g/mol. The van der Waals surface area contributed by atoms with E-state index >= 15 is 0 Å². The molecule has 0 fully saturated rings. The van der Waals surface area contributed by atoms with Gasteiger partial charge in [0.15, 0.2) is 0 Å². The van der Waals surface area contributed by atoms with Crippen LogP contribution in [-0.2, 0) is 19.3 Å². The maximum Gasteiger partial charge on any atom is 0.0726 e. The molecule has 3 nitrogen and oxygen atoms in total. The van der Waals surface area contributed by atoms with Gasteiger partial charge in [-0.15, -0.1) is 6.61 Å². The zero-order valence-corrected chi connectivity index (χ0v) is 16.3. The van der Waals surface area contributed by atoms with Crippen molar-refractivity contribution in [2.24, 2.45) is 0 Å². The first-order valence-electron chi connectivity index (χ1n) is 9.06. The summed E-state index contributed by atoms with van der Waals surface area (Å²) >= 11 is 12.2. The van der Waals surface area contributed by atoms with E-state index in [0.717, 1.165) is 53.2 Å². The number of hydrogen-bond donors (Lipinski definition) is 1. The minimum absolute atomic E-state index is 0.0857. The fraction of sp³-hybridized carbons (Fsp3) is 0.227. The van der Waals surface area contributed by atoms with Gasteiger partial charge in [-0.1, -0.05) is 41.4 Å². The molecule has 0 saturated carbocycles. The molecule has 0 radical (unpaired) electrons. The molecule has 1 N–H and O–H groups in total. The number of aromatic nitrogens is 1. The first kappa shape index (κ1) is 18.3. The van der Waals surface area contributed by atoms with Crippen molar-refractivity contribution in [2.45, 2.75) is 25.7 Å². The Balaban J connectivity index is 1.69. The minimum Gasteiger partial charge on any atom is -0.854 e. The molecule has 0 amide bonds. The van der Waals surface area contributed by atoms with E-state index < -0.39 is 0 Å². The first-order chi connectivity index (χ1) is 13.1. The fourth-order valence-electron chi connectivity index (χ4n) is 3.49.